The molecule has 0 aliphatic heterocycles. The highest BCUT2D eigenvalue weighted by Crippen LogP contribution is 2.08. The van der Waals surface area contributed by atoms with E-state index in [1.807, 2.05) is 21.0 Å². The second-order valence-corrected chi connectivity index (χ2v) is 4.69. The van der Waals surface area contributed by atoms with E-state index in [-0.39, 0.29) is 11.9 Å². The van der Waals surface area contributed by atoms with Crippen LogP contribution in [-0.2, 0) is 0 Å². The summed E-state index contributed by atoms with van der Waals surface area (Å²) in [7, 11) is 4.04. The zero-order chi connectivity index (χ0) is 13.5. The van der Waals surface area contributed by atoms with Crippen molar-refractivity contribution in [2.75, 3.05) is 26.1 Å². The molecule has 1 unspecified atom stereocenters. The summed E-state index contributed by atoms with van der Waals surface area (Å²) >= 11 is 0. The Kier molecular flexibility index (Phi) is 5.61. The molecule has 0 aliphatic carbocycles. The number of nitrogens with one attached hydrogen (secondary N) is 2. The Balaban J connectivity index is 2.48. The molecular formula is C13H22N4O. The molecule has 0 aliphatic rings. The largest absolute Gasteiger partial charge is 0.350 e. The normalized spacial score (nSPS) is 12.3. The standard InChI is InChI=1S/C13H22N4O/c1-10(8-9-17(2)3)15-13(18)11-4-6-12(16-14)7-5-11/h4-7,10,16H,8-9,14H2,1-3H3,(H,15,18). The van der Waals surface area contributed by atoms with E-state index in [1.165, 1.54) is 0 Å². The van der Waals surface area contributed by atoms with E-state index in [0.29, 0.717) is 5.56 Å². The highest BCUT2D eigenvalue weighted by atomic mass is 16.1. The second-order valence-electron chi connectivity index (χ2n) is 4.69. The lowest BCUT2D eigenvalue weighted by molar-refractivity contribution is 0.0937. The van der Waals surface area contributed by atoms with Crippen LogP contribution in [0, 0.1) is 0 Å². The first kappa shape index (κ1) is 14.5. The van der Waals surface area contributed by atoms with Gasteiger partial charge in [-0.3, -0.25) is 10.6 Å². The van der Waals surface area contributed by atoms with Crippen molar-refractivity contribution in [3.8, 4) is 0 Å². The Morgan fingerprint density at radius 2 is 1.94 bits per heavy atom. The van der Waals surface area contributed by atoms with Crippen LogP contribution in [0.5, 0.6) is 0 Å². The van der Waals surface area contributed by atoms with Crippen LogP contribution in [0.1, 0.15) is 23.7 Å². The number of amides is 1. The van der Waals surface area contributed by atoms with Crippen LogP contribution < -0.4 is 16.6 Å². The van der Waals surface area contributed by atoms with E-state index >= 15 is 0 Å². The average molecular weight is 250 g/mol. The Bertz CT molecular complexity index is 375. The molecule has 0 fully saturated rings. The highest BCUT2D eigenvalue weighted by Gasteiger charge is 2.09. The lowest BCUT2D eigenvalue weighted by Gasteiger charge is -2.16. The van der Waals surface area contributed by atoms with Gasteiger partial charge in [0.1, 0.15) is 0 Å². The van der Waals surface area contributed by atoms with E-state index in [1.54, 1.807) is 24.3 Å². The number of nitrogen functional groups attached to an aromatic ring is 1. The summed E-state index contributed by atoms with van der Waals surface area (Å²) in [5.74, 6) is 5.22. The number of anilines is 1. The second kappa shape index (κ2) is 6.98. The van der Waals surface area contributed by atoms with Gasteiger partial charge < -0.3 is 15.6 Å². The first-order chi connectivity index (χ1) is 8.52. The molecule has 5 nitrogen and oxygen atoms in total. The molecule has 0 spiro atoms. The van der Waals surface area contributed by atoms with Gasteiger partial charge >= 0.3 is 0 Å². The third-order valence-electron chi connectivity index (χ3n) is 2.70. The summed E-state index contributed by atoms with van der Waals surface area (Å²) in [4.78, 5) is 14.0. The van der Waals surface area contributed by atoms with Crippen molar-refractivity contribution < 1.29 is 4.79 Å². The van der Waals surface area contributed by atoms with Crippen molar-refractivity contribution in [1.82, 2.24) is 10.2 Å². The molecule has 1 rings (SSSR count). The number of nitrogens with two attached hydrogens (primary N) is 1. The number of carbonyl (C=O) groups excluding carboxylic acids is 1. The SMILES string of the molecule is CC(CCN(C)C)NC(=O)c1ccc(NN)cc1. The molecule has 0 saturated heterocycles. The summed E-state index contributed by atoms with van der Waals surface area (Å²) in [6.45, 7) is 2.97. The van der Waals surface area contributed by atoms with E-state index in [2.05, 4.69) is 15.6 Å². The molecule has 1 atom stereocenters. The molecule has 4 N–H and O–H groups in total. The fourth-order valence-corrected chi connectivity index (χ4v) is 1.55. The van der Waals surface area contributed by atoms with Gasteiger partial charge in [-0.25, -0.2) is 0 Å². The van der Waals surface area contributed by atoms with Gasteiger partial charge in [0.05, 0.1) is 0 Å². The Morgan fingerprint density at radius 3 is 2.44 bits per heavy atom. The minimum absolute atomic E-state index is 0.0511. The lowest BCUT2D eigenvalue weighted by atomic mass is 10.1. The molecule has 0 saturated carbocycles. The molecule has 0 radical (unpaired) electrons. The summed E-state index contributed by atoms with van der Waals surface area (Å²) in [5, 5.41) is 2.97. The van der Waals surface area contributed by atoms with Crippen LogP contribution in [0.15, 0.2) is 24.3 Å². The Hall–Kier alpha value is -1.59. The van der Waals surface area contributed by atoms with Gasteiger partial charge in [-0.15, -0.1) is 0 Å². The lowest BCUT2D eigenvalue weighted by Crippen LogP contribution is -2.34. The van der Waals surface area contributed by atoms with Crippen molar-refractivity contribution >= 4 is 11.6 Å². The van der Waals surface area contributed by atoms with Gasteiger partial charge in [-0.05, 0) is 58.3 Å². The van der Waals surface area contributed by atoms with Crippen LogP contribution in [0.2, 0.25) is 0 Å². The molecular weight excluding hydrogens is 228 g/mol. The van der Waals surface area contributed by atoms with E-state index in [9.17, 15) is 4.79 Å². The molecule has 18 heavy (non-hydrogen) atoms. The number of rotatable bonds is 6. The predicted molar refractivity (Wildman–Crippen MR) is 74.4 cm³/mol. The van der Waals surface area contributed by atoms with Crippen LogP contribution in [0.4, 0.5) is 5.69 Å². The maximum atomic E-state index is 11.9. The van der Waals surface area contributed by atoms with Gasteiger partial charge in [0.15, 0.2) is 0 Å². The molecule has 100 valence electrons. The van der Waals surface area contributed by atoms with Crippen LogP contribution in [-0.4, -0.2) is 37.5 Å². The van der Waals surface area contributed by atoms with Crippen molar-refractivity contribution in [2.45, 2.75) is 19.4 Å². The number of carbonyl (C=O) groups is 1. The number of hydrogen-bond acceptors (Lipinski definition) is 4. The van der Waals surface area contributed by atoms with Crippen LogP contribution in [0.3, 0.4) is 0 Å². The zero-order valence-electron chi connectivity index (χ0n) is 11.2. The van der Waals surface area contributed by atoms with Gasteiger partial charge in [-0.1, -0.05) is 0 Å². The maximum absolute atomic E-state index is 11.9. The van der Waals surface area contributed by atoms with Gasteiger partial charge in [0.2, 0.25) is 0 Å². The van der Waals surface area contributed by atoms with Crippen molar-refractivity contribution in [1.29, 1.82) is 0 Å². The third kappa shape index (κ3) is 4.73. The average Bonchev–Trinajstić information content (AvgIpc) is 2.36. The predicted octanol–water partition coefficient (Wildman–Crippen LogP) is 1.04. The van der Waals surface area contributed by atoms with Crippen molar-refractivity contribution in [2.24, 2.45) is 5.84 Å². The van der Waals surface area contributed by atoms with E-state index in [0.717, 1.165) is 18.7 Å². The minimum Gasteiger partial charge on any atom is -0.350 e. The summed E-state index contributed by atoms with van der Waals surface area (Å²) < 4.78 is 0. The van der Waals surface area contributed by atoms with Crippen LogP contribution >= 0.6 is 0 Å². The van der Waals surface area contributed by atoms with Crippen LogP contribution in [0.25, 0.3) is 0 Å². The van der Waals surface area contributed by atoms with E-state index in [4.69, 9.17) is 5.84 Å². The molecule has 1 aromatic rings. The zero-order valence-corrected chi connectivity index (χ0v) is 11.2. The smallest absolute Gasteiger partial charge is 0.251 e. The molecule has 0 heterocycles. The topological polar surface area (TPSA) is 70.4 Å². The first-order valence-corrected chi connectivity index (χ1v) is 6.05. The molecule has 0 aromatic heterocycles. The number of hydrogen-bond donors (Lipinski definition) is 3. The monoisotopic (exact) mass is 250 g/mol. The minimum atomic E-state index is -0.0511. The fourth-order valence-electron chi connectivity index (χ4n) is 1.55. The van der Waals surface area contributed by atoms with Crippen molar-refractivity contribution in [3.63, 3.8) is 0 Å². The molecule has 0 bridgehead atoms. The fraction of sp³-hybridized carbons (Fsp3) is 0.462. The summed E-state index contributed by atoms with van der Waals surface area (Å²) in [6.07, 6.45) is 0.932. The number of benzene rings is 1. The maximum Gasteiger partial charge on any atom is 0.251 e. The van der Waals surface area contributed by atoms with Crippen molar-refractivity contribution in [3.05, 3.63) is 29.8 Å². The quantitative estimate of drug-likeness (QED) is 0.521. The highest BCUT2D eigenvalue weighted by molar-refractivity contribution is 5.94. The molecule has 5 heteroatoms. The molecule has 1 amide bonds. The van der Waals surface area contributed by atoms with Gasteiger partial charge in [-0.2, -0.15) is 0 Å². The third-order valence-corrected chi connectivity index (χ3v) is 2.70. The van der Waals surface area contributed by atoms with E-state index < -0.39 is 0 Å². The Labute approximate surface area is 108 Å². The summed E-state index contributed by atoms with van der Waals surface area (Å²) in [6, 6.07) is 7.22. The van der Waals surface area contributed by atoms with Gasteiger partial charge in [0, 0.05) is 17.3 Å². The number of hydrazine groups is 1. The molecule has 1 aromatic carbocycles. The first-order valence-electron chi connectivity index (χ1n) is 6.05. The summed E-state index contributed by atoms with van der Waals surface area (Å²) in [5.41, 5.74) is 3.96. The van der Waals surface area contributed by atoms with Gasteiger partial charge in [0.25, 0.3) is 5.91 Å². The number of nitrogens with zero attached hydrogens (tertiary/aromatic N) is 1. The Morgan fingerprint density at radius 1 is 1.33 bits per heavy atom.